The van der Waals surface area contributed by atoms with Gasteiger partial charge in [0.25, 0.3) is 5.91 Å². The van der Waals surface area contributed by atoms with Crippen LogP contribution in [0.25, 0.3) is 11.1 Å². The van der Waals surface area contributed by atoms with Crippen LogP contribution in [0.3, 0.4) is 0 Å². The number of benzene rings is 1. The fourth-order valence-electron chi connectivity index (χ4n) is 2.42. The molecule has 0 aliphatic carbocycles. The minimum Gasteiger partial charge on any atom is -0.390 e. The first-order chi connectivity index (χ1) is 9.32. The van der Waals surface area contributed by atoms with Gasteiger partial charge >= 0.3 is 0 Å². The molecule has 0 atom stereocenters. The van der Waals surface area contributed by atoms with E-state index in [1.165, 1.54) is 22.5 Å². The van der Waals surface area contributed by atoms with E-state index in [0.29, 0.717) is 10.6 Å². The molecular formula is C16H20N2OS. The van der Waals surface area contributed by atoms with Crippen molar-refractivity contribution in [3.63, 3.8) is 0 Å². The van der Waals surface area contributed by atoms with Crippen molar-refractivity contribution in [1.82, 2.24) is 4.90 Å². The van der Waals surface area contributed by atoms with Gasteiger partial charge in [-0.05, 0) is 31.9 Å². The van der Waals surface area contributed by atoms with Gasteiger partial charge in [-0.1, -0.05) is 23.8 Å². The van der Waals surface area contributed by atoms with Crippen molar-refractivity contribution in [1.29, 1.82) is 0 Å². The lowest BCUT2D eigenvalue weighted by Gasteiger charge is -2.14. The number of amides is 1. The number of hydrogen-bond donors (Lipinski definition) is 1. The molecular weight excluding hydrogens is 268 g/mol. The predicted octanol–water partition coefficient (Wildman–Crippen LogP) is 3.62. The molecule has 0 saturated heterocycles. The van der Waals surface area contributed by atoms with Gasteiger partial charge in [-0.2, -0.15) is 0 Å². The van der Waals surface area contributed by atoms with Gasteiger partial charge in [0.15, 0.2) is 0 Å². The van der Waals surface area contributed by atoms with Crippen LogP contribution in [0.5, 0.6) is 0 Å². The molecule has 0 radical (unpaired) electrons. The number of aryl methyl sites for hydroxylation is 3. The van der Waals surface area contributed by atoms with E-state index in [1.54, 1.807) is 19.0 Å². The van der Waals surface area contributed by atoms with Crippen molar-refractivity contribution in [3.8, 4) is 11.1 Å². The second kappa shape index (κ2) is 5.29. The third-order valence-electron chi connectivity index (χ3n) is 3.38. The number of anilines is 1. The molecule has 0 fully saturated rings. The first-order valence-corrected chi connectivity index (χ1v) is 7.32. The first-order valence-electron chi connectivity index (χ1n) is 6.51. The Bertz CT molecular complexity index is 671. The number of hydrogen-bond acceptors (Lipinski definition) is 3. The largest absolute Gasteiger partial charge is 0.390 e. The second-order valence-corrected chi connectivity index (χ2v) is 6.55. The summed E-state index contributed by atoms with van der Waals surface area (Å²) in [7, 11) is 3.50. The molecule has 0 bridgehead atoms. The van der Waals surface area contributed by atoms with Crippen molar-refractivity contribution in [2.75, 3.05) is 19.8 Å². The summed E-state index contributed by atoms with van der Waals surface area (Å²) in [5, 5.41) is 0.594. The number of rotatable bonds is 2. The Morgan fingerprint density at radius 3 is 2.40 bits per heavy atom. The Morgan fingerprint density at radius 2 is 1.85 bits per heavy atom. The quantitative estimate of drug-likeness (QED) is 0.917. The number of carbonyl (C=O) groups excluding carboxylic acids is 1. The zero-order valence-electron chi connectivity index (χ0n) is 12.6. The summed E-state index contributed by atoms with van der Waals surface area (Å²) in [6.45, 7) is 6.15. The maximum absolute atomic E-state index is 12.4. The Morgan fingerprint density at radius 1 is 1.20 bits per heavy atom. The SMILES string of the molecule is Cc1ccc(-c2c(C)sc(N)c2C(=O)N(C)C)c(C)c1. The Labute approximate surface area is 124 Å². The van der Waals surface area contributed by atoms with Crippen LogP contribution in [0.2, 0.25) is 0 Å². The highest BCUT2D eigenvalue weighted by Crippen LogP contribution is 2.40. The lowest BCUT2D eigenvalue weighted by molar-refractivity contribution is 0.0829. The second-order valence-electron chi connectivity index (χ2n) is 5.29. The number of nitrogens with two attached hydrogens (primary N) is 1. The van der Waals surface area contributed by atoms with Crippen LogP contribution in [-0.4, -0.2) is 24.9 Å². The van der Waals surface area contributed by atoms with Crippen LogP contribution in [0.1, 0.15) is 26.4 Å². The number of carbonyl (C=O) groups is 1. The minimum absolute atomic E-state index is 0.0400. The molecule has 2 aromatic rings. The van der Waals surface area contributed by atoms with Crippen LogP contribution in [-0.2, 0) is 0 Å². The lowest BCUT2D eigenvalue weighted by Crippen LogP contribution is -2.22. The third kappa shape index (κ3) is 2.43. The van der Waals surface area contributed by atoms with Gasteiger partial charge in [0.1, 0.15) is 0 Å². The maximum Gasteiger partial charge on any atom is 0.256 e. The smallest absolute Gasteiger partial charge is 0.256 e. The Balaban J connectivity index is 2.71. The molecule has 1 aromatic heterocycles. The molecule has 0 unspecified atom stereocenters. The van der Waals surface area contributed by atoms with Crippen LogP contribution >= 0.6 is 11.3 Å². The van der Waals surface area contributed by atoms with Gasteiger partial charge < -0.3 is 10.6 Å². The first kappa shape index (κ1) is 14.6. The monoisotopic (exact) mass is 288 g/mol. The molecule has 2 rings (SSSR count). The summed E-state index contributed by atoms with van der Waals surface area (Å²) in [6, 6.07) is 6.28. The summed E-state index contributed by atoms with van der Waals surface area (Å²) in [5.41, 5.74) is 11.1. The number of nitrogens with zero attached hydrogens (tertiary/aromatic N) is 1. The van der Waals surface area contributed by atoms with E-state index < -0.39 is 0 Å². The number of nitrogen functional groups attached to an aromatic ring is 1. The zero-order valence-corrected chi connectivity index (χ0v) is 13.4. The molecule has 1 aromatic carbocycles. The highest BCUT2D eigenvalue weighted by Gasteiger charge is 2.23. The Kier molecular flexibility index (Phi) is 3.86. The Hall–Kier alpha value is -1.81. The van der Waals surface area contributed by atoms with Gasteiger partial charge in [-0.15, -0.1) is 11.3 Å². The van der Waals surface area contributed by atoms with Crippen molar-refractivity contribution < 1.29 is 4.79 Å². The number of thiophene rings is 1. The molecule has 106 valence electrons. The summed E-state index contributed by atoms with van der Waals surface area (Å²) in [6.07, 6.45) is 0. The normalized spacial score (nSPS) is 10.7. The van der Waals surface area contributed by atoms with E-state index in [9.17, 15) is 4.79 Å². The molecule has 1 heterocycles. The summed E-state index contributed by atoms with van der Waals surface area (Å²) in [5.74, 6) is -0.0400. The average Bonchev–Trinajstić information content (AvgIpc) is 2.63. The molecule has 20 heavy (non-hydrogen) atoms. The lowest BCUT2D eigenvalue weighted by atomic mass is 9.95. The summed E-state index contributed by atoms with van der Waals surface area (Å²) in [4.78, 5) is 15.1. The molecule has 0 aliphatic rings. The van der Waals surface area contributed by atoms with Crippen LogP contribution in [0.15, 0.2) is 18.2 Å². The van der Waals surface area contributed by atoms with E-state index in [0.717, 1.165) is 16.0 Å². The third-order valence-corrected chi connectivity index (χ3v) is 4.32. The van der Waals surface area contributed by atoms with E-state index in [-0.39, 0.29) is 5.91 Å². The summed E-state index contributed by atoms with van der Waals surface area (Å²) < 4.78 is 0. The molecule has 0 saturated carbocycles. The molecule has 0 aliphatic heterocycles. The van der Waals surface area contributed by atoms with Gasteiger partial charge in [-0.3, -0.25) is 4.79 Å². The van der Waals surface area contributed by atoms with E-state index >= 15 is 0 Å². The van der Waals surface area contributed by atoms with Crippen molar-refractivity contribution >= 4 is 22.2 Å². The highest BCUT2D eigenvalue weighted by molar-refractivity contribution is 7.16. The molecule has 4 heteroatoms. The van der Waals surface area contributed by atoms with E-state index in [2.05, 4.69) is 32.0 Å². The highest BCUT2D eigenvalue weighted by atomic mass is 32.1. The predicted molar refractivity (Wildman–Crippen MR) is 86.4 cm³/mol. The molecule has 0 spiro atoms. The minimum atomic E-state index is -0.0400. The van der Waals surface area contributed by atoms with Gasteiger partial charge in [0.05, 0.1) is 10.6 Å². The van der Waals surface area contributed by atoms with Crippen molar-refractivity contribution in [3.05, 3.63) is 39.8 Å². The topological polar surface area (TPSA) is 46.3 Å². The molecule has 2 N–H and O–H groups in total. The van der Waals surface area contributed by atoms with Crippen LogP contribution in [0.4, 0.5) is 5.00 Å². The standard InChI is InChI=1S/C16H20N2OS/c1-9-6-7-12(10(2)8-9)13-11(3)20-15(17)14(13)16(19)18(4)5/h6-8H,17H2,1-5H3. The summed E-state index contributed by atoms with van der Waals surface area (Å²) >= 11 is 1.48. The average molecular weight is 288 g/mol. The molecule has 1 amide bonds. The maximum atomic E-state index is 12.4. The fraction of sp³-hybridized carbons (Fsp3) is 0.312. The fourth-order valence-corrected chi connectivity index (χ4v) is 3.36. The van der Waals surface area contributed by atoms with E-state index in [1.807, 2.05) is 6.92 Å². The van der Waals surface area contributed by atoms with Gasteiger partial charge in [0.2, 0.25) is 0 Å². The van der Waals surface area contributed by atoms with Crippen molar-refractivity contribution in [2.24, 2.45) is 0 Å². The van der Waals surface area contributed by atoms with Crippen molar-refractivity contribution in [2.45, 2.75) is 20.8 Å². The van der Waals surface area contributed by atoms with Gasteiger partial charge in [0, 0.05) is 24.5 Å². The molecule has 3 nitrogen and oxygen atoms in total. The zero-order chi connectivity index (χ0) is 15.0. The van der Waals surface area contributed by atoms with E-state index in [4.69, 9.17) is 5.73 Å². The van der Waals surface area contributed by atoms with Gasteiger partial charge in [-0.25, -0.2) is 0 Å². The van der Waals surface area contributed by atoms with Crippen LogP contribution in [0, 0.1) is 20.8 Å². The van der Waals surface area contributed by atoms with Crippen LogP contribution < -0.4 is 5.73 Å².